The van der Waals surface area contributed by atoms with Gasteiger partial charge in [-0.05, 0) is 18.6 Å². The summed E-state index contributed by atoms with van der Waals surface area (Å²) in [6.07, 6.45) is 0.959. The maximum absolute atomic E-state index is 11.0. The van der Waals surface area contributed by atoms with Crippen LogP contribution in [-0.2, 0) is 4.79 Å². The number of hydrogen-bond acceptors (Lipinski definition) is 4. The van der Waals surface area contributed by atoms with Crippen molar-refractivity contribution in [3.63, 3.8) is 0 Å². The second-order valence-corrected chi connectivity index (χ2v) is 4.72. The van der Waals surface area contributed by atoms with Crippen molar-refractivity contribution in [2.45, 2.75) is 20.3 Å². The number of anilines is 1. The van der Waals surface area contributed by atoms with E-state index in [9.17, 15) is 4.79 Å². The molecule has 0 spiro atoms. The summed E-state index contributed by atoms with van der Waals surface area (Å²) in [5, 5.41) is 9.03. The Hall–Kier alpha value is -1.91. The smallest absolute Gasteiger partial charge is 0.308 e. The summed E-state index contributed by atoms with van der Waals surface area (Å²) in [7, 11) is 0. The number of hydrogen-bond donors (Lipinski definition) is 1. The first-order valence-corrected chi connectivity index (χ1v) is 6.49. The first kappa shape index (κ1) is 13.5. The third kappa shape index (κ3) is 3.10. The van der Waals surface area contributed by atoms with Gasteiger partial charge >= 0.3 is 5.97 Å². The highest BCUT2D eigenvalue weighted by molar-refractivity contribution is 5.70. The molecule has 1 heterocycles. The number of benzene rings is 1. The highest BCUT2D eigenvalue weighted by atomic mass is 16.7. The predicted molar refractivity (Wildman–Crippen MR) is 71.9 cm³/mol. The highest BCUT2D eigenvalue weighted by Gasteiger charge is 2.19. The van der Waals surface area contributed by atoms with Crippen LogP contribution in [0.1, 0.15) is 20.3 Å². The van der Waals surface area contributed by atoms with Gasteiger partial charge in [0, 0.05) is 24.8 Å². The van der Waals surface area contributed by atoms with E-state index >= 15 is 0 Å². The number of aliphatic carboxylic acids is 1. The lowest BCUT2D eigenvalue weighted by atomic mass is 10.1. The normalized spacial score (nSPS) is 14.2. The molecule has 0 amide bonds. The highest BCUT2D eigenvalue weighted by Crippen LogP contribution is 2.35. The Morgan fingerprint density at radius 2 is 2.16 bits per heavy atom. The van der Waals surface area contributed by atoms with Gasteiger partial charge in [0.2, 0.25) is 6.79 Å². The molecule has 2 rings (SSSR count). The lowest BCUT2D eigenvalue weighted by Crippen LogP contribution is -2.32. The second kappa shape index (κ2) is 5.82. The van der Waals surface area contributed by atoms with Gasteiger partial charge in [0.1, 0.15) is 0 Å². The number of fused-ring (bicyclic) bond motifs is 1. The van der Waals surface area contributed by atoms with Gasteiger partial charge < -0.3 is 19.5 Å². The van der Waals surface area contributed by atoms with Crippen LogP contribution in [0.15, 0.2) is 18.2 Å². The average Bonchev–Trinajstić information content (AvgIpc) is 2.85. The van der Waals surface area contributed by atoms with E-state index in [1.165, 1.54) is 0 Å². The molecule has 19 heavy (non-hydrogen) atoms. The van der Waals surface area contributed by atoms with Gasteiger partial charge in [-0.1, -0.05) is 13.8 Å². The first-order chi connectivity index (χ1) is 9.11. The van der Waals surface area contributed by atoms with Crippen molar-refractivity contribution in [2.75, 3.05) is 24.8 Å². The average molecular weight is 265 g/mol. The summed E-state index contributed by atoms with van der Waals surface area (Å²) >= 11 is 0. The van der Waals surface area contributed by atoms with Crippen molar-refractivity contribution >= 4 is 11.7 Å². The summed E-state index contributed by atoms with van der Waals surface area (Å²) in [6.45, 7) is 5.35. The van der Waals surface area contributed by atoms with Crippen LogP contribution in [0.3, 0.4) is 0 Å². The Morgan fingerprint density at radius 3 is 2.84 bits per heavy atom. The summed E-state index contributed by atoms with van der Waals surface area (Å²) in [4.78, 5) is 13.1. The number of rotatable bonds is 6. The number of carbonyl (C=O) groups is 1. The molecule has 0 aromatic heterocycles. The Labute approximate surface area is 112 Å². The third-order valence-electron chi connectivity index (χ3n) is 3.13. The molecule has 1 aromatic rings. The summed E-state index contributed by atoms with van der Waals surface area (Å²) in [6, 6.07) is 5.72. The molecule has 1 unspecified atom stereocenters. The summed E-state index contributed by atoms with van der Waals surface area (Å²) in [5.41, 5.74) is 0.971. The van der Waals surface area contributed by atoms with E-state index in [1.807, 2.05) is 18.2 Å². The van der Waals surface area contributed by atoms with Gasteiger partial charge in [-0.3, -0.25) is 4.79 Å². The van der Waals surface area contributed by atoms with Crippen molar-refractivity contribution < 1.29 is 19.4 Å². The number of carboxylic acids is 1. The van der Waals surface area contributed by atoms with Gasteiger partial charge in [-0.15, -0.1) is 0 Å². The molecule has 1 aliphatic heterocycles. The SMILES string of the molecule is CCCN(CC(C)C(=O)O)c1ccc2c(c1)OCO2. The van der Waals surface area contributed by atoms with Crippen LogP contribution < -0.4 is 14.4 Å². The van der Waals surface area contributed by atoms with Crippen molar-refractivity contribution in [3.8, 4) is 11.5 Å². The number of ether oxygens (including phenoxy) is 2. The zero-order valence-electron chi connectivity index (χ0n) is 11.3. The monoisotopic (exact) mass is 265 g/mol. The van der Waals surface area contributed by atoms with E-state index in [2.05, 4.69) is 11.8 Å². The fourth-order valence-corrected chi connectivity index (χ4v) is 2.09. The molecule has 1 atom stereocenters. The maximum Gasteiger partial charge on any atom is 0.308 e. The van der Waals surface area contributed by atoms with E-state index < -0.39 is 11.9 Å². The molecule has 5 heteroatoms. The molecule has 1 aromatic carbocycles. The Balaban J connectivity index is 2.16. The third-order valence-corrected chi connectivity index (χ3v) is 3.13. The maximum atomic E-state index is 11.0. The van der Waals surface area contributed by atoms with E-state index in [0.717, 1.165) is 30.2 Å². The van der Waals surface area contributed by atoms with Crippen molar-refractivity contribution in [2.24, 2.45) is 5.92 Å². The quantitative estimate of drug-likeness (QED) is 0.855. The van der Waals surface area contributed by atoms with Gasteiger partial charge in [-0.2, -0.15) is 0 Å². The lowest BCUT2D eigenvalue weighted by molar-refractivity contribution is -0.140. The second-order valence-electron chi connectivity index (χ2n) is 4.72. The van der Waals surface area contributed by atoms with Crippen LogP contribution in [-0.4, -0.2) is 31.0 Å². The molecule has 1 N–H and O–H groups in total. The molecule has 104 valence electrons. The molecular weight excluding hydrogens is 246 g/mol. The van der Waals surface area contributed by atoms with E-state index in [4.69, 9.17) is 14.6 Å². The zero-order valence-corrected chi connectivity index (χ0v) is 11.3. The molecule has 5 nitrogen and oxygen atoms in total. The van der Waals surface area contributed by atoms with E-state index in [1.54, 1.807) is 6.92 Å². The molecular formula is C14H19NO4. The number of carboxylic acid groups (broad SMARTS) is 1. The summed E-state index contributed by atoms with van der Waals surface area (Å²) in [5.74, 6) is 0.284. The molecule has 0 radical (unpaired) electrons. The molecule has 0 fully saturated rings. The molecule has 0 aliphatic carbocycles. The fourth-order valence-electron chi connectivity index (χ4n) is 2.09. The first-order valence-electron chi connectivity index (χ1n) is 6.49. The standard InChI is InChI=1S/C14H19NO4/c1-3-6-15(8-10(2)14(16)17)11-4-5-12-13(7-11)19-9-18-12/h4-5,7,10H,3,6,8-9H2,1-2H3,(H,16,17). The molecule has 0 bridgehead atoms. The van der Waals surface area contributed by atoms with Crippen molar-refractivity contribution in [1.29, 1.82) is 0 Å². The Kier molecular flexibility index (Phi) is 4.14. The van der Waals surface area contributed by atoms with Crippen LogP contribution in [0.5, 0.6) is 11.5 Å². The minimum Gasteiger partial charge on any atom is -0.481 e. The minimum absolute atomic E-state index is 0.248. The van der Waals surface area contributed by atoms with Crippen molar-refractivity contribution in [3.05, 3.63) is 18.2 Å². The van der Waals surface area contributed by atoms with E-state index in [-0.39, 0.29) is 6.79 Å². The molecule has 1 aliphatic rings. The molecule has 0 saturated heterocycles. The predicted octanol–water partition coefficient (Wildman–Crippen LogP) is 2.35. The Bertz CT molecular complexity index is 461. The van der Waals surface area contributed by atoms with Gasteiger partial charge in [0.25, 0.3) is 0 Å². The van der Waals surface area contributed by atoms with Crippen LogP contribution in [0.25, 0.3) is 0 Å². The summed E-state index contributed by atoms with van der Waals surface area (Å²) < 4.78 is 10.6. The van der Waals surface area contributed by atoms with Gasteiger partial charge in [-0.25, -0.2) is 0 Å². The number of nitrogens with zero attached hydrogens (tertiary/aromatic N) is 1. The van der Waals surface area contributed by atoms with Crippen LogP contribution >= 0.6 is 0 Å². The van der Waals surface area contributed by atoms with Crippen LogP contribution in [0.4, 0.5) is 5.69 Å². The van der Waals surface area contributed by atoms with Crippen LogP contribution in [0, 0.1) is 5.92 Å². The minimum atomic E-state index is -0.776. The van der Waals surface area contributed by atoms with Gasteiger partial charge in [0.05, 0.1) is 5.92 Å². The fraction of sp³-hybridized carbons (Fsp3) is 0.500. The topological polar surface area (TPSA) is 59.0 Å². The zero-order chi connectivity index (χ0) is 13.8. The molecule has 0 saturated carbocycles. The largest absolute Gasteiger partial charge is 0.481 e. The van der Waals surface area contributed by atoms with Crippen LogP contribution in [0.2, 0.25) is 0 Å². The Morgan fingerprint density at radius 1 is 1.42 bits per heavy atom. The van der Waals surface area contributed by atoms with Gasteiger partial charge in [0.15, 0.2) is 11.5 Å². The van der Waals surface area contributed by atoms with Crippen molar-refractivity contribution in [1.82, 2.24) is 0 Å². The van der Waals surface area contributed by atoms with E-state index in [0.29, 0.717) is 6.54 Å². The lowest BCUT2D eigenvalue weighted by Gasteiger charge is -2.26.